The van der Waals surface area contributed by atoms with Gasteiger partial charge in [-0.15, -0.1) is 0 Å². The molecule has 0 aliphatic heterocycles. The number of hydrogen-bond donors (Lipinski definition) is 0. The Morgan fingerprint density at radius 3 is 2.53 bits per heavy atom. The van der Waals surface area contributed by atoms with Gasteiger partial charge in [0.25, 0.3) is 0 Å². The van der Waals surface area contributed by atoms with Gasteiger partial charge in [0.15, 0.2) is 0 Å². The molecule has 0 radical (unpaired) electrons. The summed E-state index contributed by atoms with van der Waals surface area (Å²) in [6.45, 7) is 3.97. The van der Waals surface area contributed by atoms with Crippen molar-refractivity contribution in [2.75, 3.05) is 7.11 Å². The molecule has 0 unspecified atom stereocenters. The smallest absolute Gasteiger partial charge is 0.106 e. The van der Waals surface area contributed by atoms with Crippen molar-refractivity contribution in [2.24, 2.45) is 5.16 Å². The predicted molar refractivity (Wildman–Crippen MR) is 80.8 cm³/mol. The molecule has 2 aromatic rings. The third-order valence-corrected chi connectivity index (χ3v) is 3.36. The molecule has 0 heterocycles. The Balaban J connectivity index is 2.45. The zero-order chi connectivity index (χ0) is 13.8. The molecule has 0 spiro atoms. The highest BCUT2D eigenvalue weighted by Crippen LogP contribution is 2.28. The highest BCUT2D eigenvalue weighted by atomic mass is 35.5. The minimum absolute atomic E-state index is 0.680. The summed E-state index contributed by atoms with van der Waals surface area (Å²) in [5.41, 5.74) is 5.19. The van der Waals surface area contributed by atoms with Crippen LogP contribution in [0.2, 0.25) is 5.02 Å². The molecule has 2 nitrogen and oxygen atoms in total. The van der Waals surface area contributed by atoms with Crippen molar-refractivity contribution >= 4 is 17.3 Å². The molecule has 3 heteroatoms. The molecule has 2 rings (SSSR count). The highest BCUT2D eigenvalue weighted by molar-refractivity contribution is 6.34. The number of aryl methyl sites for hydroxylation is 1. The fourth-order valence-corrected chi connectivity index (χ4v) is 2.38. The van der Waals surface area contributed by atoms with Crippen LogP contribution in [-0.2, 0) is 4.84 Å². The van der Waals surface area contributed by atoms with E-state index in [1.165, 1.54) is 18.2 Å². The van der Waals surface area contributed by atoms with Crippen LogP contribution in [0.4, 0.5) is 0 Å². The van der Waals surface area contributed by atoms with Crippen LogP contribution in [-0.4, -0.2) is 12.8 Å². The van der Waals surface area contributed by atoms with Gasteiger partial charge in [-0.25, -0.2) is 0 Å². The SMILES string of the molecule is CO/N=C(\C)c1ccc(-c2ccccc2C)cc1Cl. The maximum Gasteiger partial charge on any atom is 0.106 e. The van der Waals surface area contributed by atoms with E-state index in [2.05, 4.69) is 30.3 Å². The van der Waals surface area contributed by atoms with Crippen molar-refractivity contribution in [3.8, 4) is 11.1 Å². The van der Waals surface area contributed by atoms with E-state index in [4.69, 9.17) is 16.4 Å². The maximum atomic E-state index is 6.33. The Bertz CT molecular complexity index is 620. The Morgan fingerprint density at radius 2 is 1.89 bits per heavy atom. The molecule has 0 fully saturated rings. The quantitative estimate of drug-likeness (QED) is 0.587. The van der Waals surface area contributed by atoms with E-state index in [0.717, 1.165) is 16.8 Å². The number of rotatable bonds is 3. The van der Waals surface area contributed by atoms with Crippen LogP contribution in [0.15, 0.2) is 47.6 Å². The first-order valence-electron chi connectivity index (χ1n) is 6.07. The molecule has 0 saturated carbocycles. The summed E-state index contributed by atoms with van der Waals surface area (Å²) in [6.07, 6.45) is 0. The monoisotopic (exact) mass is 273 g/mol. The third kappa shape index (κ3) is 2.96. The van der Waals surface area contributed by atoms with E-state index >= 15 is 0 Å². The average Bonchev–Trinajstić information content (AvgIpc) is 2.39. The van der Waals surface area contributed by atoms with E-state index in [-0.39, 0.29) is 0 Å². The maximum absolute atomic E-state index is 6.33. The molecule has 0 aliphatic carbocycles. The molecule has 2 aromatic carbocycles. The molecule has 98 valence electrons. The van der Waals surface area contributed by atoms with Gasteiger partial charge in [-0.1, -0.05) is 53.2 Å². The van der Waals surface area contributed by atoms with Gasteiger partial charge in [0.2, 0.25) is 0 Å². The second-order valence-electron chi connectivity index (χ2n) is 4.37. The second kappa shape index (κ2) is 5.89. The number of benzene rings is 2. The summed E-state index contributed by atoms with van der Waals surface area (Å²) < 4.78 is 0. The molecule has 0 saturated heterocycles. The molecule has 0 aliphatic rings. The van der Waals surface area contributed by atoms with Gasteiger partial charge < -0.3 is 4.84 Å². The summed E-state index contributed by atoms with van der Waals surface area (Å²) in [7, 11) is 1.53. The number of hydrogen-bond acceptors (Lipinski definition) is 2. The van der Waals surface area contributed by atoms with E-state index in [1.807, 2.05) is 31.2 Å². The standard InChI is InChI=1S/C16H16ClNO/c1-11-6-4-5-7-14(11)13-8-9-15(16(17)10-13)12(2)18-19-3/h4-10H,1-3H3/b18-12+. The lowest BCUT2D eigenvalue weighted by Crippen LogP contribution is -1.97. The first-order valence-corrected chi connectivity index (χ1v) is 6.45. The van der Waals surface area contributed by atoms with Gasteiger partial charge in [-0.3, -0.25) is 0 Å². The third-order valence-electron chi connectivity index (χ3n) is 3.04. The van der Waals surface area contributed by atoms with Crippen LogP contribution in [0.3, 0.4) is 0 Å². The minimum Gasteiger partial charge on any atom is -0.399 e. The van der Waals surface area contributed by atoms with E-state index in [0.29, 0.717) is 5.02 Å². The minimum atomic E-state index is 0.680. The van der Waals surface area contributed by atoms with Gasteiger partial charge in [0.1, 0.15) is 7.11 Å². The summed E-state index contributed by atoms with van der Waals surface area (Å²) in [6, 6.07) is 14.2. The largest absolute Gasteiger partial charge is 0.399 e. The Kier molecular flexibility index (Phi) is 4.23. The van der Waals surface area contributed by atoms with Crippen molar-refractivity contribution < 1.29 is 4.84 Å². The van der Waals surface area contributed by atoms with Crippen LogP contribution >= 0.6 is 11.6 Å². The molecule has 19 heavy (non-hydrogen) atoms. The van der Waals surface area contributed by atoms with E-state index < -0.39 is 0 Å². The van der Waals surface area contributed by atoms with Gasteiger partial charge in [0, 0.05) is 5.56 Å². The van der Waals surface area contributed by atoms with Crippen LogP contribution in [0, 0.1) is 6.92 Å². The summed E-state index contributed by atoms with van der Waals surface area (Å²) in [5.74, 6) is 0. The topological polar surface area (TPSA) is 21.6 Å². The summed E-state index contributed by atoms with van der Waals surface area (Å²) in [4.78, 5) is 4.78. The normalized spacial score (nSPS) is 11.5. The van der Waals surface area contributed by atoms with Crippen molar-refractivity contribution in [2.45, 2.75) is 13.8 Å². The lowest BCUT2D eigenvalue weighted by Gasteiger charge is -2.09. The van der Waals surface area contributed by atoms with Gasteiger partial charge in [-0.2, -0.15) is 0 Å². The lowest BCUT2D eigenvalue weighted by atomic mass is 9.99. The summed E-state index contributed by atoms with van der Waals surface area (Å²) >= 11 is 6.33. The molecular formula is C16H16ClNO. The van der Waals surface area contributed by atoms with Crippen molar-refractivity contribution in [1.29, 1.82) is 0 Å². The van der Waals surface area contributed by atoms with Crippen LogP contribution in [0.5, 0.6) is 0 Å². The molecule has 0 amide bonds. The first-order chi connectivity index (χ1) is 9.13. The van der Waals surface area contributed by atoms with Crippen molar-refractivity contribution in [3.63, 3.8) is 0 Å². The number of nitrogens with zero attached hydrogens (tertiary/aromatic N) is 1. The lowest BCUT2D eigenvalue weighted by molar-refractivity contribution is 0.213. The molecule has 0 N–H and O–H groups in total. The zero-order valence-electron chi connectivity index (χ0n) is 11.3. The van der Waals surface area contributed by atoms with Crippen molar-refractivity contribution in [1.82, 2.24) is 0 Å². The van der Waals surface area contributed by atoms with Crippen LogP contribution in [0.25, 0.3) is 11.1 Å². The average molecular weight is 274 g/mol. The van der Waals surface area contributed by atoms with Crippen LogP contribution < -0.4 is 0 Å². The molecular weight excluding hydrogens is 258 g/mol. The zero-order valence-corrected chi connectivity index (χ0v) is 12.0. The molecule has 0 atom stereocenters. The number of halogens is 1. The second-order valence-corrected chi connectivity index (χ2v) is 4.78. The number of oxime groups is 1. The van der Waals surface area contributed by atoms with Crippen LogP contribution in [0.1, 0.15) is 18.1 Å². The molecule has 0 aromatic heterocycles. The van der Waals surface area contributed by atoms with E-state index in [1.54, 1.807) is 0 Å². The Morgan fingerprint density at radius 1 is 1.16 bits per heavy atom. The Labute approximate surface area is 118 Å². The van der Waals surface area contributed by atoms with Gasteiger partial charge >= 0.3 is 0 Å². The Hall–Kier alpha value is -1.80. The first kappa shape index (κ1) is 13.6. The fourth-order valence-electron chi connectivity index (χ4n) is 2.06. The van der Waals surface area contributed by atoms with Gasteiger partial charge in [-0.05, 0) is 36.6 Å². The summed E-state index contributed by atoms with van der Waals surface area (Å²) in [5, 5.41) is 4.59. The molecule has 0 bridgehead atoms. The highest BCUT2D eigenvalue weighted by Gasteiger charge is 2.08. The predicted octanol–water partition coefficient (Wildman–Crippen LogP) is 4.69. The van der Waals surface area contributed by atoms with E-state index in [9.17, 15) is 0 Å². The van der Waals surface area contributed by atoms with Crippen molar-refractivity contribution in [3.05, 3.63) is 58.6 Å². The van der Waals surface area contributed by atoms with Gasteiger partial charge in [0.05, 0.1) is 10.7 Å². The fraction of sp³-hybridized carbons (Fsp3) is 0.188.